The summed E-state index contributed by atoms with van der Waals surface area (Å²) in [7, 11) is 0. The van der Waals surface area contributed by atoms with E-state index in [1.807, 2.05) is 0 Å². The molecule has 0 spiro atoms. The lowest BCUT2D eigenvalue weighted by molar-refractivity contribution is -0.138. The molecule has 6 heteroatoms. The number of aliphatic hydroxyl groups is 1. The summed E-state index contributed by atoms with van der Waals surface area (Å²) in [4.78, 5) is 16.1. The molecule has 0 heterocycles. The number of aliphatic hydroxyl groups excluding tert-OH is 1. The van der Waals surface area contributed by atoms with Gasteiger partial charge in [0.15, 0.2) is 5.70 Å². The molecule has 0 bridgehead atoms. The Hall–Kier alpha value is -1.78. The highest BCUT2D eigenvalue weighted by atomic mass is 35.5. The van der Waals surface area contributed by atoms with Crippen molar-refractivity contribution in [2.24, 2.45) is 4.99 Å². The van der Waals surface area contributed by atoms with Crippen molar-refractivity contribution in [1.82, 2.24) is 0 Å². The highest BCUT2D eigenvalue weighted by Gasteiger charge is 2.18. The van der Waals surface area contributed by atoms with Gasteiger partial charge in [-0.2, -0.15) is 0 Å². The molecule has 0 saturated heterocycles. The van der Waals surface area contributed by atoms with E-state index in [9.17, 15) is 9.90 Å². The standard InChI is InChI=1S/C16H17Cl2NO3/c1-5-22-16(21)15(10(4)20)19-14(9(2)3)11-7-6-8-12(17)13(11)18/h6-8,20H,2,5H2,1,3-4H3/b15-10+,19-14?. The van der Waals surface area contributed by atoms with Crippen LogP contribution < -0.4 is 0 Å². The predicted molar refractivity (Wildman–Crippen MR) is 89.8 cm³/mol. The van der Waals surface area contributed by atoms with Gasteiger partial charge in [0.05, 0.1) is 22.4 Å². The third-order valence-electron chi connectivity index (χ3n) is 2.65. The molecule has 118 valence electrons. The first-order chi connectivity index (χ1) is 10.3. The number of carbonyl (C=O) groups is 1. The molecule has 22 heavy (non-hydrogen) atoms. The summed E-state index contributed by atoms with van der Waals surface area (Å²) in [6, 6.07) is 5.06. The zero-order chi connectivity index (χ0) is 16.9. The van der Waals surface area contributed by atoms with E-state index in [4.69, 9.17) is 27.9 Å². The van der Waals surface area contributed by atoms with Crippen LogP contribution in [0.4, 0.5) is 0 Å². The number of aliphatic imine (C=N–C) groups is 1. The van der Waals surface area contributed by atoms with E-state index in [0.29, 0.717) is 26.9 Å². The summed E-state index contributed by atoms with van der Waals surface area (Å²) in [6.07, 6.45) is 0. The van der Waals surface area contributed by atoms with Gasteiger partial charge in [-0.25, -0.2) is 9.79 Å². The predicted octanol–water partition coefficient (Wildman–Crippen LogP) is 4.71. The minimum Gasteiger partial charge on any atom is -0.510 e. The van der Waals surface area contributed by atoms with Crippen LogP contribution in [0.1, 0.15) is 26.3 Å². The Labute approximate surface area is 139 Å². The van der Waals surface area contributed by atoms with Gasteiger partial charge in [0.25, 0.3) is 0 Å². The van der Waals surface area contributed by atoms with Crippen LogP contribution in [-0.2, 0) is 9.53 Å². The van der Waals surface area contributed by atoms with Crippen LogP contribution in [0.5, 0.6) is 0 Å². The number of esters is 1. The van der Waals surface area contributed by atoms with Crippen molar-refractivity contribution < 1.29 is 14.6 Å². The van der Waals surface area contributed by atoms with Gasteiger partial charge in [-0.1, -0.05) is 41.9 Å². The summed E-state index contributed by atoms with van der Waals surface area (Å²) in [6.45, 7) is 8.74. The molecule has 1 N–H and O–H groups in total. The number of benzene rings is 1. The normalized spacial score (nSPS) is 12.7. The Balaban J connectivity index is 3.48. The van der Waals surface area contributed by atoms with Crippen molar-refractivity contribution in [1.29, 1.82) is 0 Å². The Morgan fingerprint density at radius 3 is 2.50 bits per heavy atom. The van der Waals surface area contributed by atoms with Crippen molar-refractivity contribution in [3.63, 3.8) is 0 Å². The number of halogens is 2. The fourth-order valence-electron chi connectivity index (χ4n) is 1.66. The molecule has 0 aliphatic heterocycles. The molecule has 0 aliphatic rings. The molecule has 0 saturated carbocycles. The van der Waals surface area contributed by atoms with Gasteiger partial charge in [-0.05, 0) is 32.4 Å². The molecule has 0 radical (unpaired) electrons. The first-order valence-electron chi connectivity index (χ1n) is 6.55. The fraction of sp³-hybridized carbons (Fsp3) is 0.250. The van der Waals surface area contributed by atoms with Crippen LogP contribution in [0, 0.1) is 0 Å². The van der Waals surface area contributed by atoms with E-state index in [2.05, 4.69) is 11.6 Å². The zero-order valence-electron chi connectivity index (χ0n) is 12.6. The maximum atomic E-state index is 11.9. The molecule has 0 unspecified atom stereocenters. The lowest BCUT2D eigenvalue weighted by Crippen LogP contribution is -2.12. The molecule has 4 nitrogen and oxygen atoms in total. The second-order valence-corrected chi connectivity index (χ2v) is 5.28. The van der Waals surface area contributed by atoms with Gasteiger partial charge in [-0.3, -0.25) is 0 Å². The quantitative estimate of drug-likeness (QED) is 0.365. The summed E-state index contributed by atoms with van der Waals surface area (Å²) in [5, 5.41) is 10.3. The number of allylic oxidation sites excluding steroid dienone is 2. The average Bonchev–Trinajstić information content (AvgIpc) is 2.43. The molecular weight excluding hydrogens is 325 g/mol. The molecule has 1 aromatic carbocycles. The zero-order valence-corrected chi connectivity index (χ0v) is 14.1. The van der Waals surface area contributed by atoms with Crippen LogP contribution in [0.3, 0.4) is 0 Å². The molecule has 1 rings (SSSR count). The minimum atomic E-state index is -0.723. The second-order valence-electron chi connectivity index (χ2n) is 4.50. The van der Waals surface area contributed by atoms with E-state index in [0.717, 1.165) is 0 Å². The summed E-state index contributed by atoms with van der Waals surface area (Å²) < 4.78 is 4.88. The van der Waals surface area contributed by atoms with Gasteiger partial charge in [-0.15, -0.1) is 0 Å². The number of nitrogens with zero attached hydrogens (tertiary/aromatic N) is 1. The SMILES string of the molecule is C=C(C)C(=N/C(C(=O)OCC)=C(\C)O)c1cccc(Cl)c1Cl. The summed E-state index contributed by atoms with van der Waals surface area (Å²) in [5.41, 5.74) is 1.23. The first-order valence-corrected chi connectivity index (χ1v) is 7.31. The van der Waals surface area contributed by atoms with Gasteiger partial charge in [0.2, 0.25) is 0 Å². The molecule has 0 atom stereocenters. The van der Waals surface area contributed by atoms with Crippen LogP contribution in [0.2, 0.25) is 10.0 Å². The Morgan fingerprint density at radius 2 is 2.00 bits per heavy atom. The molecular formula is C16H17Cl2NO3. The Morgan fingerprint density at radius 1 is 1.36 bits per heavy atom. The maximum absolute atomic E-state index is 11.9. The minimum absolute atomic E-state index is 0.172. The van der Waals surface area contributed by atoms with Crippen LogP contribution in [-0.4, -0.2) is 23.4 Å². The topological polar surface area (TPSA) is 58.9 Å². The van der Waals surface area contributed by atoms with Crippen molar-refractivity contribution in [3.05, 3.63) is 57.4 Å². The lowest BCUT2D eigenvalue weighted by atomic mass is 10.0. The Bertz CT molecular complexity index is 659. The fourth-order valence-corrected chi connectivity index (χ4v) is 2.05. The average molecular weight is 342 g/mol. The van der Waals surface area contributed by atoms with Crippen molar-refractivity contribution in [2.75, 3.05) is 6.61 Å². The maximum Gasteiger partial charge on any atom is 0.360 e. The third-order valence-corrected chi connectivity index (χ3v) is 3.46. The van der Waals surface area contributed by atoms with E-state index < -0.39 is 5.97 Å². The van der Waals surface area contributed by atoms with Gasteiger partial charge in [0.1, 0.15) is 5.76 Å². The highest BCUT2D eigenvalue weighted by Crippen LogP contribution is 2.28. The molecule has 0 fully saturated rings. The van der Waals surface area contributed by atoms with E-state index in [1.54, 1.807) is 32.0 Å². The van der Waals surface area contributed by atoms with E-state index in [-0.39, 0.29) is 18.1 Å². The molecule has 1 aromatic rings. The Kier molecular flexibility index (Phi) is 6.65. The van der Waals surface area contributed by atoms with Gasteiger partial charge in [0, 0.05) is 5.56 Å². The largest absolute Gasteiger partial charge is 0.510 e. The first kappa shape index (κ1) is 18.3. The van der Waals surface area contributed by atoms with E-state index in [1.165, 1.54) is 6.92 Å². The van der Waals surface area contributed by atoms with Crippen molar-refractivity contribution in [3.8, 4) is 0 Å². The third kappa shape index (κ3) is 4.36. The smallest absolute Gasteiger partial charge is 0.360 e. The monoisotopic (exact) mass is 341 g/mol. The van der Waals surface area contributed by atoms with Gasteiger partial charge < -0.3 is 9.84 Å². The van der Waals surface area contributed by atoms with Crippen molar-refractivity contribution >= 4 is 34.9 Å². The van der Waals surface area contributed by atoms with Gasteiger partial charge >= 0.3 is 5.97 Å². The summed E-state index contributed by atoms with van der Waals surface area (Å²) >= 11 is 12.2. The summed E-state index contributed by atoms with van der Waals surface area (Å²) in [5.74, 6) is -0.977. The number of rotatable bonds is 5. The van der Waals surface area contributed by atoms with Crippen LogP contribution in [0.15, 0.2) is 46.8 Å². The molecule has 0 aliphatic carbocycles. The highest BCUT2D eigenvalue weighted by molar-refractivity contribution is 6.44. The second kappa shape index (κ2) is 8.01. The lowest BCUT2D eigenvalue weighted by Gasteiger charge is -2.11. The van der Waals surface area contributed by atoms with Crippen LogP contribution in [0.25, 0.3) is 0 Å². The number of hydrogen-bond acceptors (Lipinski definition) is 4. The van der Waals surface area contributed by atoms with E-state index >= 15 is 0 Å². The number of hydrogen-bond donors (Lipinski definition) is 1. The molecule has 0 amide bonds. The van der Waals surface area contributed by atoms with Crippen molar-refractivity contribution in [2.45, 2.75) is 20.8 Å². The van der Waals surface area contributed by atoms with Crippen LogP contribution >= 0.6 is 23.2 Å². The number of ether oxygens (including phenoxy) is 1. The molecule has 0 aromatic heterocycles. The number of carbonyl (C=O) groups excluding carboxylic acids is 1.